The second-order valence-electron chi connectivity index (χ2n) is 5.61. The molecule has 0 aliphatic carbocycles. The van der Waals surface area contributed by atoms with Gasteiger partial charge in [0.15, 0.2) is 0 Å². The molecule has 0 saturated heterocycles. The van der Waals surface area contributed by atoms with Crippen molar-refractivity contribution in [3.8, 4) is 23.4 Å². The van der Waals surface area contributed by atoms with Crippen molar-refractivity contribution in [3.05, 3.63) is 64.8 Å². The molecule has 1 aromatic heterocycles. The molecule has 0 aliphatic heterocycles. The third-order valence-electron chi connectivity index (χ3n) is 4.04. The van der Waals surface area contributed by atoms with Crippen LogP contribution < -0.4 is 5.73 Å². The van der Waals surface area contributed by atoms with E-state index in [9.17, 15) is 10.5 Å². The van der Waals surface area contributed by atoms with Crippen molar-refractivity contribution in [2.24, 2.45) is 0 Å². The molecule has 0 fully saturated rings. The van der Waals surface area contributed by atoms with E-state index in [4.69, 9.17) is 5.73 Å². The Bertz CT molecular complexity index is 989. The van der Waals surface area contributed by atoms with Crippen molar-refractivity contribution in [1.82, 2.24) is 15.0 Å². The van der Waals surface area contributed by atoms with Crippen LogP contribution in [0.15, 0.2) is 42.6 Å². The first kappa shape index (κ1) is 16.2. The zero-order valence-corrected chi connectivity index (χ0v) is 13.8. The van der Waals surface area contributed by atoms with Gasteiger partial charge >= 0.3 is 0 Å². The molecule has 0 bridgehead atoms. The predicted molar refractivity (Wildman–Crippen MR) is 94.2 cm³/mol. The van der Waals surface area contributed by atoms with Crippen LogP contribution in [-0.4, -0.2) is 15.0 Å². The lowest BCUT2D eigenvalue weighted by atomic mass is 9.93. The van der Waals surface area contributed by atoms with Gasteiger partial charge in [0.05, 0.1) is 29.6 Å². The third kappa shape index (κ3) is 3.06. The minimum Gasteiger partial charge on any atom is -0.397 e. The molecule has 0 amide bonds. The monoisotopic (exact) mass is 328 g/mol. The number of nitrogens with two attached hydrogens (primary N) is 1. The van der Waals surface area contributed by atoms with E-state index in [1.165, 1.54) is 0 Å². The van der Waals surface area contributed by atoms with Crippen LogP contribution in [0.3, 0.4) is 0 Å². The lowest BCUT2D eigenvalue weighted by Crippen LogP contribution is -2.02. The lowest BCUT2D eigenvalue weighted by Gasteiger charge is -2.11. The van der Waals surface area contributed by atoms with Crippen LogP contribution in [-0.2, 0) is 13.0 Å². The number of nitrogens with zero attached hydrogens (tertiary/aromatic N) is 5. The highest BCUT2D eigenvalue weighted by atomic mass is 15.4. The fourth-order valence-corrected chi connectivity index (χ4v) is 2.79. The van der Waals surface area contributed by atoms with Crippen molar-refractivity contribution in [1.29, 1.82) is 10.5 Å². The number of hydrogen-bond donors (Lipinski definition) is 1. The summed E-state index contributed by atoms with van der Waals surface area (Å²) in [5, 5.41) is 27.1. The highest BCUT2D eigenvalue weighted by Crippen LogP contribution is 2.32. The van der Waals surface area contributed by atoms with Crippen molar-refractivity contribution < 1.29 is 0 Å². The molecule has 0 radical (unpaired) electrons. The SMILES string of the molecule is CCc1cc(C#N)c(N)c(C#N)c1-c1cn(Cc2ccccc2)nn1. The molecular formula is C19H16N6. The Balaban J connectivity index is 2.07. The summed E-state index contributed by atoms with van der Waals surface area (Å²) < 4.78 is 1.72. The predicted octanol–water partition coefficient (Wildman–Crippen LogP) is 2.88. The maximum Gasteiger partial charge on any atom is 0.114 e. The number of benzene rings is 2. The number of nitrogen functional groups attached to an aromatic ring is 1. The van der Waals surface area contributed by atoms with E-state index < -0.39 is 0 Å². The summed E-state index contributed by atoms with van der Waals surface area (Å²) in [6.07, 6.45) is 2.46. The number of aryl methyl sites for hydroxylation is 1. The molecule has 0 aliphatic rings. The molecule has 6 nitrogen and oxygen atoms in total. The molecule has 2 aromatic carbocycles. The average Bonchev–Trinajstić information content (AvgIpc) is 3.10. The van der Waals surface area contributed by atoms with Crippen LogP contribution in [0.5, 0.6) is 0 Å². The summed E-state index contributed by atoms with van der Waals surface area (Å²) in [6, 6.07) is 15.8. The van der Waals surface area contributed by atoms with Gasteiger partial charge in [0.25, 0.3) is 0 Å². The summed E-state index contributed by atoms with van der Waals surface area (Å²) in [5.74, 6) is 0. The Morgan fingerprint density at radius 3 is 2.56 bits per heavy atom. The van der Waals surface area contributed by atoms with Gasteiger partial charge in [-0.2, -0.15) is 10.5 Å². The van der Waals surface area contributed by atoms with Crippen LogP contribution >= 0.6 is 0 Å². The van der Waals surface area contributed by atoms with Crippen molar-refractivity contribution >= 4 is 5.69 Å². The highest BCUT2D eigenvalue weighted by molar-refractivity contribution is 5.81. The van der Waals surface area contributed by atoms with Gasteiger partial charge in [0.1, 0.15) is 17.8 Å². The number of aromatic nitrogens is 3. The molecule has 2 N–H and O–H groups in total. The summed E-state index contributed by atoms with van der Waals surface area (Å²) in [6.45, 7) is 2.55. The third-order valence-corrected chi connectivity index (χ3v) is 4.04. The Hall–Kier alpha value is -3.64. The molecule has 6 heteroatoms. The summed E-state index contributed by atoms with van der Waals surface area (Å²) in [5.41, 5.74) is 9.98. The van der Waals surface area contributed by atoms with Crippen LogP contribution in [0.25, 0.3) is 11.3 Å². The van der Waals surface area contributed by atoms with E-state index in [0.29, 0.717) is 29.8 Å². The van der Waals surface area contributed by atoms with E-state index in [0.717, 1.165) is 11.1 Å². The Morgan fingerprint density at radius 1 is 1.16 bits per heavy atom. The second-order valence-corrected chi connectivity index (χ2v) is 5.61. The minimum atomic E-state index is 0.190. The normalized spacial score (nSPS) is 10.2. The van der Waals surface area contributed by atoms with Crippen molar-refractivity contribution in [2.75, 3.05) is 5.73 Å². The summed E-state index contributed by atoms with van der Waals surface area (Å²) in [4.78, 5) is 0. The maximum absolute atomic E-state index is 9.55. The molecule has 0 atom stereocenters. The van der Waals surface area contributed by atoms with Gasteiger partial charge < -0.3 is 5.73 Å². The number of nitriles is 2. The lowest BCUT2D eigenvalue weighted by molar-refractivity contribution is 0.650. The fraction of sp³-hybridized carbons (Fsp3) is 0.158. The van der Waals surface area contributed by atoms with Crippen LogP contribution in [0.1, 0.15) is 29.2 Å². The van der Waals surface area contributed by atoms with E-state index in [1.807, 2.05) is 43.3 Å². The second kappa shape index (κ2) is 6.86. The Kier molecular flexibility index (Phi) is 4.45. The standard InChI is InChI=1S/C19H16N6/c1-2-14-8-15(9-20)19(22)16(10-21)18(14)17-12-25(24-23-17)11-13-6-4-3-5-7-13/h3-8,12H,2,11,22H2,1H3. The van der Waals surface area contributed by atoms with Gasteiger partial charge in [-0.05, 0) is 23.6 Å². The van der Waals surface area contributed by atoms with Crippen LogP contribution in [0, 0.1) is 22.7 Å². The largest absolute Gasteiger partial charge is 0.397 e. The topological polar surface area (TPSA) is 104 Å². The van der Waals surface area contributed by atoms with E-state index >= 15 is 0 Å². The van der Waals surface area contributed by atoms with Gasteiger partial charge in [0.2, 0.25) is 0 Å². The molecule has 1 heterocycles. The molecule has 0 spiro atoms. The fourth-order valence-electron chi connectivity index (χ4n) is 2.79. The first-order valence-corrected chi connectivity index (χ1v) is 7.87. The number of hydrogen-bond acceptors (Lipinski definition) is 5. The Labute approximate surface area is 145 Å². The van der Waals surface area contributed by atoms with Crippen LogP contribution in [0.2, 0.25) is 0 Å². The number of rotatable bonds is 4. The quantitative estimate of drug-likeness (QED) is 0.741. The zero-order chi connectivity index (χ0) is 17.8. The molecule has 3 aromatic rings. The number of anilines is 1. The van der Waals surface area contributed by atoms with E-state index in [2.05, 4.69) is 16.4 Å². The zero-order valence-electron chi connectivity index (χ0n) is 13.8. The molecule has 3 rings (SSSR count). The van der Waals surface area contributed by atoms with E-state index in [1.54, 1.807) is 16.9 Å². The molecule has 122 valence electrons. The molecule has 25 heavy (non-hydrogen) atoms. The highest BCUT2D eigenvalue weighted by Gasteiger charge is 2.19. The van der Waals surface area contributed by atoms with Gasteiger partial charge in [-0.25, -0.2) is 4.68 Å². The van der Waals surface area contributed by atoms with Gasteiger partial charge in [-0.15, -0.1) is 5.10 Å². The molecule has 0 saturated carbocycles. The van der Waals surface area contributed by atoms with E-state index in [-0.39, 0.29) is 11.3 Å². The van der Waals surface area contributed by atoms with Crippen LogP contribution in [0.4, 0.5) is 5.69 Å². The first-order chi connectivity index (χ1) is 12.2. The Morgan fingerprint density at radius 2 is 1.92 bits per heavy atom. The summed E-state index contributed by atoms with van der Waals surface area (Å²) >= 11 is 0. The molecular weight excluding hydrogens is 312 g/mol. The minimum absolute atomic E-state index is 0.190. The maximum atomic E-state index is 9.55. The summed E-state index contributed by atoms with van der Waals surface area (Å²) in [7, 11) is 0. The van der Waals surface area contributed by atoms with Crippen molar-refractivity contribution in [3.63, 3.8) is 0 Å². The van der Waals surface area contributed by atoms with Gasteiger partial charge in [-0.1, -0.05) is 42.5 Å². The smallest absolute Gasteiger partial charge is 0.114 e. The first-order valence-electron chi connectivity index (χ1n) is 7.87. The molecule has 0 unspecified atom stereocenters. The van der Waals surface area contributed by atoms with Crippen molar-refractivity contribution in [2.45, 2.75) is 19.9 Å². The van der Waals surface area contributed by atoms with Gasteiger partial charge in [0, 0.05) is 5.56 Å². The van der Waals surface area contributed by atoms with Gasteiger partial charge in [-0.3, -0.25) is 0 Å². The average molecular weight is 328 g/mol.